The summed E-state index contributed by atoms with van der Waals surface area (Å²) < 4.78 is 22.6. The highest BCUT2D eigenvalue weighted by Gasteiger charge is 2.32. The van der Waals surface area contributed by atoms with Crippen molar-refractivity contribution in [2.24, 2.45) is 5.92 Å². The van der Waals surface area contributed by atoms with Crippen LogP contribution in [0.5, 0.6) is 0 Å². The Balaban J connectivity index is 1.83. The van der Waals surface area contributed by atoms with Gasteiger partial charge in [-0.25, -0.2) is 13.4 Å². The molecule has 1 fully saturated rings. The molecule has 2 rings (SSSR count). The molecule has 1 aliphatic heterocycles. The third-order valence-electron chi connectivity index (χ3n) is 3.02. The van der Waals surface area contributed by atoms with Gasteiger partial charge >= 0.3 is 0 Å². The SMILES string of the molecule is Cc1ccc(Br)c(C(=O)NCCC2CS(=O)(=O)C2)n1. The first-order valence-corrected chi connectivity index (χ1v) is 8.60. The van der Waals surface area contributed by atoms with Crippen molar-refractivity contribution in [2.45, 2.75) is 13.3 Å². The van der Waals surface area contributed by atoms with Crippen LogP contribution >= 0.6 is 15.9 Å². The standard InChI is InChI=1S/C12H15BrN2O3S/c1-8-2-3-10(13)11(15-8)12(16)14-5-4-9-6-19(17,18)7-9/h2-3,9H,4-7H2,1H3,(H,14,16). The average Bonchev–Trinajstić information content (AvgIpc) is 2.29. The highest BCUT2D eigenvalue weighted by atomic mass is 79.9. The molecule has 0 radical (unpaired) electrons. The number of nitrogens with zero attached hydrogens (tertiary/aromatic N) is 1. The van der Waals surface area contributed by atoms with E-state index in [1.807, 2.05) is 13.0 Å². The summed E-state index contributed by atoms with van der Waals surface area (Å²) in [5.41, 5.74) is 1.14. The zero-order valence-corrected chi connectivity index (χ0v) is 12.9. The van der Waals surface area contributed by atoms with E-state index in [4.69, 9.17) is 0 Å². The first kappa shape index (κ1) is 14.5. The molecule has 1 aromatic rings. The molecule has 5 nitrogen and oxygen atoms in total. The second kappa shape index (κ2) is 5.58. The van der Waals surface area contributed by atoms with E-state index in [-0.39, 0.29) is 23.3 Å². The fraction of sp³-hybridized carbons (Fsp3) is 0.500. The Morgan fingerprint density at radius 1 is 1.47 bits per heavy atom. The van der Waals surface area contributed by atoms with E-state index in [1.165, 1.54) is 0 Å². The van der Waals surface area contributed by atoms with Gasteiger partial charge in [-0.15, -0.1) is 0 Å². The first-order chi connectivity index (χ1) is 8.87. The molecule has 2 heterocycles. The minimum absolute atomic E-state index is 0.180. The Kier molecular flexibility index (Phi) is 4.25. The summed E-state index contributed by atoms with van der Waals surface area (Å²) in [6, 6.07) is 3.61. The number of hydrogen-bond acceptors (Lipinski definition) is 4. The van der Waals surface area contributed by atoms with E-state index >= 15 is 0 Å². The first-order valence-electron chi connectivity index (χ1n) is 5.99. The van der Waals surface area contributed by atoms with Gasteiger partial charge < -0.3 is 5.32 Å². The second-order valence-corrected chi connectivity index (χ2v) is 7.78. The predicted octanol–water partition coefficient (Wildman–Crippen LogP) is 1.32. The second-order valence-electron chi connectivity index (χ2n) is 4.77. The Hall–Kier alpha value is -0.950. The highest BCUT2D eigenvalue weighted by Crippen LogP contribution is 2.21. The van der Waals surface area contributed by atoms with Crippen molar-refractivity contribution in [1.82, 2.24) is 10.3 Å². The van der Waals surface area contributed by atoms with Crippen LogP contribution in [0.1, 0.15) is 22.6 Å². The lowest BCUT2D eigenvalue weighted by Crippen LogP contribution is -2.38. The number of carbonyl (C=O) groups is 1. The number of halogens is 1. The maximum absolute atomic E-state index is 11.9. The smallest absolute Gasteiger partial charge is 0.271 e. The molecule has 1 aliphatic rings. The van der Waals surface area contributed by atoms with Crippen LogP contribution in [0.4, 0.5) is 0 Å². The highest BCUT2D eigenvalue weighted by molar-refractivity contribution is 9.10. The Morgan fingerprint density at radius 2 is 2.16 bits per heavy atom. The summed E-state index contributed by atoms with van der Waals surface area (Å²) in [6.07, 6.45) is 0.689. The van der Waals surface area contributed by atoms with Crippen molar-refractivity contribution in [3.05, 3.63) is 28.0 Å². The van der Waals surface area contributed by atoms with E-state index in [0.717, 1.165) is 5.69 Å². The number of aromatic nitrogens is 1. The fourth-order valence-electron chi connectivity index (χ4n) is 2.01. The molecule has 0 saturated carbocycles. The number of amides is 1. The Bertz CT molecular complexity index is 589. The van der Waals surface area contributed by atoms with Gasteiger partial charge in [0.15, 0.2) is 9.84 Å². The summed E-state index contributed by atoms with van der Waals surface area (Å²) in [7, 11) is -2.78. The zero-order valence-electron chi connectivity index (χ0n) is 10.5. The molecular weight excluding hydrogens is 332 g/mol. The van der Waals surface area contributed by atoms with Gasteiger partial charge in [0.2, 0.25) is 0 Å². The number of hydrogen-bond donors (Lipinski definition) is 1. The van der Waals surface area contributed by atoms with Crippen LogP contribution in [0.3, 0.4) is 0 Å². The predicted molar refractivity (Wildman–Crippen MR) is 75.8 cm³/mol. The molecular formula is C12H15BrN2O3S. The van der Waals surface area contributed by atoms with E-state index < -0.39 is 9.84 Å². The van der Waals surface area contributed by atoms with Gasteiger partial charge in [0.25, 0.3) is 5.91 Å². The minimum atomic E-state index is -2.78. The molecule has 1 saturated heterocycles. The zero-order chi connectivity index (χ0) is 14.0. The van der Waals surface area contributed by atoms with Gasteiger partial charge in [-0.1, -0.05) is 0 Å². The van der Waals surface area contributed by atoms with Gasteiger partial charge in [-0.05, 0) is 47.3 Å². The van der Waals surface area contributed by atoms with Crippen LogP contribution in [-0.2, 0) is 9.84 Å². The molecule has 19 heavy (non-hydrogen) atoms. The third kappa shape index (κ3) is 3.76. The van der Waals surface area contributed by atoms with Gasteiger partial charge in [0, 0.05) is 16.7 Å². The van der Waals surface area contributed by atoms with Crippen LogP contribution < -0.4 is 5.32 Å². The molecule has 0 spiro atoms. The summed E-state index contributed by atoms with van der Waals surface area (Å²) in [5, 5.41) is 2.77. The summed E-state index contributed by atoms with van der Waals surface area (Å²) in [4.78, 5) is 16.1. The van der Waals surface area contributed by atoms with E-state index in [1.54, 1.807) is 6.07 Å². The molecule has 0 bridgehead atoms. The maximum Gasteiger partial charge on any atom is 0.271 e. The topological polar surface area (TPSA) is 76.1 Å². The van der Waals surface area contributed by atoms with Gasteiger partial charge in [-0.2, -0.15) is 0 Å². The molecule has 104 valence electrons. The van der Waals surface area contributed by atoms with Crippen LogP contribution in [0, 0.1) is 12.8 Å². The summed E-state index contributed by atoms with van der Waals surface area (Å²) in [6.45, 7) is 2.30. The number of rotatable bonds is 4. The maximum atomic E-state index is 11.9. The Morgan fingerprint density at radius 3 is 2.79 bits per heavy atom. The fourth-order valence-corrected chi connectivity index (χ4v) is 4.08. The number of sulfone groups is 1. The quantitative estimate of drug-likeness (QED) is 0.891. The normalized spacial score (nSPS) is 17.8. The van der Waals surface area contributed by atoms with Crippen LogP contribution in [-0.4, -0.2) is 37.4 Å². The van der Waals surface area contributed by atoms with E-state index in [0.29, 0.717) is 23.1 Å². The number of nitrogens with one attached hydrogen (secondary N) is 1. The molecule has 0 aromatic carbocycles. The largest absolute Gasteiger partial charge is 0.351 e. The molecule has 1 aromatic heterocycles. The summed E-state index contributed by atoms with van der Waals surface area (Å²) in [5.74, 6) is 0.432. The lowest BCUT2D eigenvalue weighted by Gasteiger charge is -2.25. The van der Waals surface area contributed by atoms with Gasteiger partial charge in [0.05, 0.1) is 11.5 Å². The van der Waals surface area contributed by atoms with E-state index in [9.17, 15) is 13.2 Å². The number of pyridine rings is 1. The monoisotopic (exact) mass is 346 g/mol. The minimum Gasteiger partial charge on any atom is -0.351 e. The van der Waals surface area contributed by atoms with Crippen molar-refractivity contribution < 1.29 is 13.2 Å². The lowest BCUT2D eigenvalue weighted by molar-refractivity contribution is 0.0946. The number of aryl methyl sites for hydroxylation is 1. The van der Waals surface area contributed by atoms with Gasteiger partial charge in [-0.3, -0.25) is 4.79 Å². The molecule has 1 N–H and O–H groups in total. The molecule has 0 aliphatic carbocycles. The van der Waals surface area contributed by atoms with Crippen LogP contribution in [0.25, 0.3) is 0 Å². The average molecular weight is 347 g/mol. The van der Waals surface area contributed by atoms with Crippen molar-refractivity contribution in [2.75, 3.05) is 18.1 Å². The third-order valence-corrected chi connectivity index (χ3v) is 5.62. The van der Waals surface area contributed by atoms with Crippen molar-refractivity contribution in [1.29, 1.82) is 0 Å². The molecule has 7 heteroatoms. The summed E-state index contributed by atoms with van der Waals surface area (Å²) >= 11 is 3.29. The van der Waals surface area contributed by atoms with Crippen molar-refractivity contribution in [3.63, 3.8) is 0 Å². The molecule has 0 atom stereocenters. The lowest BCUT2D eigenvalue weighted by atomic mass is 10.1. The van der Waals surface area contributed by atoms with Gasteiger partial charge in [0.1, 0.15) is 5.69 Å². The Labute approximate surface area is 120 Å². The van der Waals surface area contributed by atoms with Crippen LogP contribution in [0.2, 0.25) is 0 Å². The molecule has 0 unspecified atom stereocenters. The van der Waals surface area contributed by atoms with Crippen LogP contribution in [0.15, 0.2) is 16.6 Å². The molecule has 1 amide bonds. The number of carbonyl (C=O) groups excluding carboxylic acids is 1. The van der Waals surface area contributed by atoms with E-state index in [2.05, 4.69) is 26.2 Å². The van der Waals surface area contributed by atoms with Crippen molar-refractivity contribution >= 4 is 31.7 Å². The van der Waals surface area contributed by atoms with Crippen molar-refractivity contribution in [3.8, 4) is 0 Å².